The Bertz CT molecular complexity index is 385. The van der Waals surface area contributed by atoms with E-state index in [1.807, 2.05) is 13.0 Å². The van der Waals surface area contributed by atoms with E-state index in [1.54, 1.807) is 0 Å². The molecule has 6 nitrogen and oxygen atoms in total. The molecule has 0 aromatic carbocycles. The quantitative estimate of drug-likeness (QED) is 0.204. The van der Waals surface area contributed by atoms with Crippen LogP contribution in [0.3, 0.4) is 0 Å². The molecule has 0 aromatic heterocycles. The Morgan fingerprint density at radius 2 is 1.52 bits per heavy atom. The SMILES string of the molecule is CC(=CCOC(O)C(O)C(O)C(O)CCO)CCCC(C)CCCC(C)C. The van der Waals surface area contributed by atoms with Crippen molar-refractivity contribution >= 4 is 0 Å². The number of aliphatic hydroxyl groups excluding tert-OH is 5. The first-order chi connectivity index (χ1) is 12.7. The normalized spacial score (nSPS) is 18.4. The van der Waals surface area contributed by atoms with Crippen molar-refractivity contribution in [2.75, 3.05) is 13.2 Å². The van der Waals surface area contributed by atoms with Gasteiger partial charge in [0.2, 0.25) is 0 Å². The van der Waals surface area contributed by atoms with Crippen LogP contribution in [-0.2, 0) is 4.74 Å². The molecule has 27 heavy (non-hydrogen) atoms. The van der Waals surface area contributed by atoms with Crippen molar-refractivity contribution in [2.24, 2.45) is 11.8 Å². The molecule has 6 heteroatoms. The van der Waals surface area contributed by atoms with Crippen molar-refractivity contribution in [3.8, 4) is 0 Å². The van der Waals surface area contributed by atoms with E-state index in [-0.39, 0.29) is 19.6 Å². The second-order valence-electron chi connectivity index (χ2n) is 8.16. The maximum absolute atomic E-state index is 9.77. The molecule has 0 spiro atoms. The molecule has 0 saturated carbocycles. The van der Waals surface area contributed by atoms with Crippen LogP contribution in [0.25, 0.3) is 0 Å². The van der Waals surface area contributed by atoms with E-state index in [0.29, 0.717) is 0 Å². The smallest absolute Gasteiger partial charge is 0.183 e. The molecule has 162 valence electrons. The van der Waals surface area contributed by atoms with E-state index in [2.05, 4.69) is 20.8 Å². The molecule has 5 unspecified atom stereocenters. The Hall–Kier alpha value is -0.500. The van der Waals surface area contributed by atoms with Crippen LogP contribution in [0, 0.1) is 11.8 Å². The zero-order valence-corrected chi connectivity index (χ0v) is 17.5. The Kier molecular flexibility index (Phi) is 15.1. The van der Waals surface area contributed by atoms with Crippen LogP contribution in [0.1, 0.15) is 72.6 Å². The molecule has 0 aromatic rings. The highest BCUT2D eigenvalue weighted by molar-refractivity contribution is 4.98. The van der Waals surface area contributed by atoms with Crippen LogP contribution in [0.5, 0.6) is 0 Å². The van der Waals surface area contributed by atoms with Gasteiger partial charge in [0.1, 0.15) is 12.2 Å². The molecule has 0 heterocycles. The zero-order valence-electron chi connectivity index (χ0n) is 17.5. The van der Waals surface area contributed by atoms with E-state index in [1.165, 1.54) is 25.7 Å². The van der Waals surface area contributed by atoms with Gasteiger partial charge >= 0.3 is 0 Å². The summed E-state index contributed by atoms with van der Waals surface area (Å²) in [4.78, 5) is 0. The van der Waals surface area contributed by atoms with Gasteiger partial charge in [0.05, 0.1) is 12.7 Å². The minimum atomic E-state index is -1.63. The summed E-state index contributed by atoms with van der Waals surface area (Å²) in [5, 5.41) is 47.5. The Morgan fingerprint density at radius 1 is 0.889 bits per heavy atom. The Labute approximate surface area is 164 Å². The van der Waals surface area contributed by atoms with Crippen LogP contribution in [0.2, 0.25) is 0 Å². The minimum absolute atomic E-state index is 0.0835. The van der Waals surface area contributed by atoms with E-state index in [0.717, 1.165) is 30.3 Å². The van der Waals surface area contributed by atoms with Gasteiger partial charge in [-0.3, -0.25) is 0 Å². The lowest BCUT2D eigenvalue weighted by Gasteiger charge is -2.25. The van der Waals surface area contributed by atoms with Crippen LogP contribution in [0.15, 0.2) is 11.6 Å². The van der Waals surface area contributed by atoms with Gasteiger partial charge < -0.3 is 30.3 Å². The third kappa shape index (κ3) is 13.3. The highest BCUT2D eigenvalue weighted by Gasteiger charge is 2.30. The lowest BCUT2D eigenvalue weighted by atomic mass is 9.94. The molecule has 0 bridgehead atoms. The van der Waals surface area contributed by atoms with Gasteiger partial charge in [0.15, 0.2) is 6.29 Å². The summed E-state index contributed by atoms with van der Waals surface area (Å²) in [6.45, 7) is 8.63. The third-order valence-electron chi connectivity index (χ3n) is 4.91. The molecular formula is C21H42O6. The average molecular weight is 391 g/mol. The van der Waals surface area contributed by atoms with Crippen molar-refractivity contribution in [2.45, 2.75) is 97.2 Å². The topological polar surface area (TPSA) is 110 Å². The van der Waals surface area contributed by atoms with E-state index >= 15 is 0 Å². The van der Waals surface area contributed by atoms with E-state index < -0.39 is 24.6 Å². The molecule has 0 aliphatic carbocycles. The molecule has 5 atom stereocenters. The van der Waals surface area contributed by atoms with Crippen molar-refractivity contribution in [1.29, 1.82) is 0 Å². The first-order valence-corrected chi connectivity index (χ1v) is 10.3. The molecule has 0 fully saturated rings. The van der Waals surface area contributed by atoms with Crippen molar-refractivity contribution in [1.82, 2.24) is 0 Å². The third-order valence-corrected chi connectivity index (χ3v) is 4.91. The van der Waals surface area contributed by atoms with Crippen LogP contribution >= 0.6 is 0 Å². The first kappa shape index (κ1) is 26.5. The van der Waals surface area contributed by atoms with Crippen LogP contribution < -0.4 is 0 Å². The molecule has 0 aliphatic heterocycles. The summed E-state index contributed by atoms with van der Waals surface area (Å²) < 4.78 is 5.12. The summed E-state index contributed by atoms with van der Waals surface area (Å²) in [6.07, 6.45) is 2.79. The number of ether oxygens (including phenoxy) is 1. The van der Waals surface area contributed by atoms with Gasteiger partial charge in [0.25, 0.3) is 0 Å². The molecule has 0 radical (unpaired) electrons. The van der Waals surface area contributed by atoms with Gasteiger partial charge in [-0.05, 0) is 38.0 Å². The lowest BCUT2D eigenvalue weighted by Crippen LogP contribution is -2.45. The fraction of sp³-hybridized carbons (Fsp3) is 0.905. The summed E-state index contributed by atoms with van der Waals surface area (Å²) in [6, 6.07) is 0. The summed E-state index contributed by atoms with van der Waals surface area (Å²) >= 11 is 0. The standard InChI is InChI=1S/C21H42O6/c1-15(2)7-5-8-16(3)9-6-10-17(4)12-14-27-21(26)20(25)19(24)18(23)11-13-22/h12,15-16,18-26H,5-11,13-14H2,1-4H3. The summed E-state index contributed by atoms with van der Waals surface area (Å²) in [7, 11) is 0. The number of rotatable bonds is 16. The van der Waals surface area contributed by atoms with E-state index in [4.69, 9.17) is 9.84 Å². The van der Waals surface area contributed by atoms with Gasteiger partial charge in [0, 0.05) is 6.61 Å². The predicted octanol–water partition coefficient (Wildman–Crippen LogP) is 2.37. The average Bonchev–Trinajstić information content (AvgIpc) is 2.60. The zero-order chi connectivity index (χ0) is 20.8. The van der Waals surface area contributed by atoms with Gasteiger partial charge in [-0.1, -0.05) is 58.1 Å². The highest BCUT2D eigenvalue weighted by Crippen LogP contribution is 2.19. The number of allylic oxidation sites excluding steroid dienone is 1. The first-order valence-electron chi connectivity index (χ1n) is 10.3. The highest BCUT2D eigenvalue weighted by atomic mass is 16.6. The van der Waals surface area contributed by atoms with Gasteiger partial charge in [-0.25, -0.2) is 0 Å². The van der Waals surface area contributed by atoms with Crippen LogP contribution in [-0.4, -0.2) is 63.3 Å². The fourth-order valence-electron chi connectivity index (χ4n) is 2.94. The second kappa shape index (κ2) is 15.4. The van der Waals surface area contributed by atoms with Crippen molar-refractivity contribution in [3.05, 3.63) is 11.6 Å². The Morgan fingerprint density at radius 3 is 2.11 bits per heavy atom. The van der Waals surface area contributed by atoms with Crippen molar-refractivity contribution in [3.63, 3.8) is 0 Å². The summed E-state index contributed by atoms with van der Waals surface area (Å²) in [5.74, 6) is 1.51. The Balaban J connectivity index is 4.00. The molecule has 0 aliphatic rings. The predicted molar refractivity (Wildman–Crippen MR) is 107 cm³/mol. The maximum Gasteiger partial charge on any atom is 0.183 e. The molecular weight excluding hydrogens is 348 g/mol. The largest absolute Gasteiger partial charge is 0.396 e. The molecule has 0 amide bonds. The van der Waals surface area contributed by atoms with E-state index in [9.17, 15) is 20.4 Å². The number of hydrogen-bond donors (Lipinski definition) is 5. The molecule has 5 N–H and O–H groups in total. The number of hydrogen-bond acceptors (Lipinski definition) is 6. The minimum Gasteiger partial charge on any atom is -0.396 e. The second-order valence-corrected chi connectivity index (χ2v) is 8.16. The fourth-order valence-corrected chi connectivity index (χ4v) is 2.94. The monoisotopic (exact) mass is 390 g/mol. The van der Waals surface area contributed by atoms with Crippen LogP contribution in [0.4, 0.5) is 0 Å². The molecule has 0 rings (SSSR count). The van der Waals surface area contributed by atoms with Crippen molar-refractivity contribution < 1.29 is 30.3 Å². The molecule has 0 saturated heterocycles. The number of aliphatic hydroxyl groups is 5. The summed E-state index contributed by atoms with van der Waals surface area (Å²) in [5.41, 5.74) is 1.16. The van der Waals surface area contributed by atoms with Gasteiger partial charge in [-0.15, -0.1) is 0 Å². The maximum atomic E-state index is 9.77. The lowest BCUT2D eigenvalue weighted by molar-refractivity contribution is -0.198. The van der Waals surface area contributed by atoms with Gasteiger partial charge in [-0.2, -0.15) is 0 Å².